The Morgan fingerprint density at radius 3 is 2.78 bits per heavy atom. The van der Waals surface area contributed by atoms with Crippen LogP contribution in [0.3, 0.4) is 0 Å². The zero-order valence-electron chi connectivity index (χ0n) is 14.9. The molecule has 0 fully saturated rings. The molecule has 0 spiro atoms. The summed E-state index contributed by atoms with van der Waals surface area (Å²) in [6.45, 7) is 0.354. The first kappa shape index (κ1) is 19.0. The number of ether oxygens (including phenoxy) is 1. The van der Waals surface area contributed by atoms with Crippen molar-refractivity contribution in [2.45, 2.75) is 18.1 Å². The number of furan rings is 1. The van der Waals surface area contributed by atoms with Crippen molar-refractivity contribution in [3.63, 3.8) is 0 Å². The highest BCUT2D eigenvalue weighted by atomic mass is 32.2. The summed E-state index contributed by atoms with van der Waals surface area (Å²) in [7, 11) is 1.60. The number of benzene rings is 2. The molecule has 1 amide bonds. The van der Waals surface area contributed by atoms with Gasteiger partial charge in [-0.3, -0.25) is 4.79 Å². The highest BCUT2D eigenvalue weighted by molar-refractivity contribution is 7.97. The van der Waals surface area contributed by atoms with Crippen LogP contribution in [0, 0.1) is 5.82 Å². The number of hydrogen-bond donors (Lipinski definition) is 1. The van der Waals surface area contributed by atoms with Gasteiger partial charge in [0.05, 0.1) is 12.9 Å². The molecule has 0 aliphatic heterocycles. The lowest BCUT2D eigenvalue weighted by Crippen LogP contribution is -2.22. The zero-order valence-corrected chi connectivity index (χ0v) is 15.7. The highest BCUT2D eigenvalue weighted by Crippen LogP contribution is 2.21. The Morgan fingerprint density at radius 1 is 1.11 bits per heavy atom. The average Bonchev–Trinajstić information content (AvgIpc) is 3.15. The van der Waals surface area contributed by atoms with Gasteiger partial charge in [0.1, 0.15) is 17.3 Å². The van der Waals surface area contributed by atoms with E-state index in [1.807, 2.05) is 30.3 Å². The molecule has 4 nitrogen and oxygen atoms in total. The van der Waals surface area contributed by atoms with Crippen LogP contribution in [-0.2, 0) is 18.1 Å². The molecule has 6 heteroatoms. The van der Waals surface area contributed by atoms with E-state index < -0.39 is 0 Å². The third kappa shape index (κ3) is 5.37. The molecule has 1 aromatic heterocycles. The minimum absolute atomic E-state index is 0.236. The van der Waals surface area contributed by atoms with E-state index in [1.54, 1.807) is 37.1 Å². The lowest BCUT2D eigenvalue weighted by atomic mass is 10.2. The quantitative estimate of drug-likeness (QED) is 0.606. The minimum Gasteiger partial charge on any atom is -0.496 e. The van der Waals surface area contributed by atoms with Gasteiger partial charge in [-0.15, -0.1) is 11.8 Å². The van der Waals surface area contributed by atoms with Crippen LogP contribution in [0.15, 0.2) is 65.1 Å². The largest absolute Gasteiger partial charge is 0.496 e. The molecular weight excluding hydrogens is 365 g/mol. The standard InChI is InChI=1S/C21H20FNO3S/c1-25-19-8-3-2-6-16(19)12-23-21(24)20-10-9-18(26-20)14-27-13-15-5-4-7-17(22)11-15/h2-11H,12-14H2,1H3,(H,23,24). The van der Waals surface area contributed by atoms with Gasteiger partial charge in [-0.25, -0.2) is 4.39 Å². The fourth-order valence-corrected chi connectivity index (χ4v) is 3.46. The van der Waals surface area contributed by atoms with E-state index in [-0.39, 0.29) is 17.5 Å². The van der Waals surface area contributed by atoms with Gasteiger partial charge < -0.3 is 14.5 Å². The van der Waals surface area contributed by atoms with E-state index in [0.29, 0.717) is 23.8 Å². The summed E-state index contributed by atoms with van der Waals surface area (Å²) in [4.78, 5) is 12.3. The summed E-state index contributed by atoms with van der Waals surface area (Å²) in [5, 5.41) is 2.83. The van der Waals surface area contributed by atoms with Gasteiger partial charge >= 0.3 is 0 Å². The van der Waals surface area contributed by atoms with E-state index in [4.69, 9.17) is 9.15 Å². The summed E-state index contributed by atoms with van der Waals surface area (Å²) < 4.78 is 24.1. The second kappa shape index (κ2) is 9.28. The third-order valence-electron chi connectivity index (χ3n) is 3.92. The van der Waals surface area contributed by atoms with Crippen LogP contribution in [0.5, 0.6) is 5.75 Å². The van der Waals surface area contributed by atoms with Crippen molar-refractivity contribution in [2.75, 3.05) is 7.11 Å². The molecule has 0 saturated heterocycles. The van der Waals surface area contributed by atoms with E-state index >= 15 is 0 Å². The van der Waals surface area contributed by atoms with Crippen LogP contribution >= 0.6 is 11.8 Å². The average molecular weight is 385 g/mol. The van der Waals surface area contributed by atoms with Crippen molar-refractivity contribution in [1.82, 2.24) is 5.32 Å². The smallest absolute Gasteiger partial charge is 0.287 e. The van der Waals surface area contributed by atoms with Gasteiger partial charge in [0.25, 0.3) is 5.91 Å². The van der Waals surface area contributed by atoms with E-state index in [0.717, 1.165) is 16.9 Å². The summed E-state index contributed by atoms with van der Waals surface area (Å²) in [5.74, 6) is 2.48. The number of methoxy groups -OCH3 is 1. The van der Waals surface area contributed by atoms with Crippen molar-refractivity contribution >= 4 is 17.7 Å². The van der Waals surface area contributed by atoms with Crippen LogP contribution in [0.4, 0.5) is 4.39 Å². The van der Waals surface area contributed by atoms with Gasteiger partial charge in [0.2, 0.25) is 0 Å². The molecule has 140 valence electrons. The van der Waals surface area contributed by atoms with E-state index in [2.05, 4.69) is 5.32 Å². The number of amides is 1. The summed E-state index contributed by atoms with van der Waals surface area (Å²) in [6.07, 6.45) is 0. The molecule has 0 bridgehead atoms. The Hall–Kier alpha value is -2.73. The zero-order chi connectivity index (χ0) is 19.1. The molecule has 3 aromatic rings. The molecule has 27 heavy (non-hydrogen) atoms. The predicted molar refractivity (Wildman–Crippen MR) is 104 cm³/mol. The second-order valence-electron chi connectivity index (χ2n) is 5.88. The summed E-state index contributed by atoms with van der Waals surface area (Å²) in [5.41, 5.74) is 1.81. The van der Waals surface area contributed by atoms with Crippen LogP contribution in [0.2, 0.25) is 0 Å². The Bertz CT molecular complexity index is 910. The first-order chi connectivity index (χ1) is 13.2. The van der Waals surface area contributed by atoms with Gasteiger partial charge in [-0.1, -0.05) is 30.3 Å². The molecule has 0 unspecified atom stereocenters. The lowest BCUT2D eigenvalue weighted by molar-refractivity contribution is 0.0921. The Kier molecular flexibility index (Phi) is 6.54. The van der Waals surface area contributed by atoms with Crippen LogP contribution in [0.1, 0.15) is 27.4 Å². The fourth-order valence-electron chi connectivity index (χ4n) is 2.59. The van der Waals surface area contributed by atoms with E-state index in [9.17, 15) is 9.18 Å². The number of nitrogens with one attached hydrogen (secondary N) is 1. The van der Waals surface area contributed by atoms with Crippen molar-refractivity contribution in [3.8, 4) is 5.75 Å². The van der Waals surface area contributed by atoms with Crippen molar-refractivity contribution in [2.24, 2.45) is 0 Å². The molecule has 1 heterocycles. The molecule has 0 radical (unpaired) electrons. The van der Waals surface area contributed by atoms with Gasteiger partial charge in [-0.05, 0) is 35.9 Å². The predicted octanol–water partition coefficient (Wildman–Crippen LogP) is 4.79. The first-order valence-corrected chi connectivity index (χ1v) is 9.62. The SMILES string of the molecule is COc1ccccc1CNC(=O)c1ccc(CSCc2cccc(F)c2)o1. The Labute approximate surface area is 161 Å². The fraction of sp³-hybridized carbons (Fsp3) is 0.190. The maximum atomic E-state index is 13.2. The number of hydrogen-bond acceptors (Lipinski definition) is 4. The maximum absolute atomic E-state index is 13.2. The topological polar surface area (TPSA) is 51.5 Å². The Morgan fingerprint density at radius 2 is 1.96 bits per heavy atom. The maximum Gasteiger partial charge on any atom is 0.287 e. The molecule has 0 aliphatic carbocycles. The molecule has 0 saturated carbocycles. The molecule has 0 atom stereocenters. The number of carbonyl (C=O) groups is 1. The van der Waals surface area contributed by atoms with E-state index in [1.165, 1.54) is 12.1 Å². The molecule has 3 rings (SSSR count). The molecule has 0 aliphatic rings. The minimum atomic E-state index is -0.276. The van der Waals surface area contributed by atoms with Crippen LogP contribution in [-0.4, -0.2) is 13.0 Å². The monoisotopic (exact) mass is 385 g/mol. The Balaban J connectivity index is 1.50. The van der Waals surface area contributed by atoms with Gasteiger partial charge in [-0.2, -0.15) is 0 Å². The van der Waals surface area contributed by atoms with Crippen LogP contribution < -0.4 is 10.1 Å². The van der Waals surface area contributed by atoms with Crippen molar-refractivity contribution < 1.29 is 18.3 Å². The number of thioether (sulfide) groups is 1. The van der Waals surface area contributed by atoms with Gasteiger partial charge in [0.15, 0.2) is 5.76 Å². The molecule has 2 aromatic carbocycles. The number of rotatable bonds is 8. The third-order valence-corrected chi connectivity index (χ3v) is 4.95. The number of para-hydroxylation sites is 1. The summed E-state index contributed by atoms with van der Waals surface area (Å²) in [6, 6.07) is 17.5. The first-order valence-electron chi connectivity index (χ1n) is 8.46. The lowest BCUT2D eigenvalue weighted by Gasteiger charge is -2.08. The summed E-state index contributed by atoms with van der Waals surface area (Å²) >= 11 is 1.60. The van der Waals surface area contributed by atoms with Gasteiger partial charge in [0, 0.05) is 17.9 Å². The van der Waals surface area contributed by atoms with Crippen molar-refractivity contribution in [3.05, 3.63) is 89.1 Å². The van der Waals surface area contributed by atoms with Crippen molar-refractivity contribution in [1.29, 1.82) is 0 Å². The number of carbonyl (C=O) groups excluding carboxylic acids is 1. The normalized spacial score (nSPS) is 10.6. The molecule has 1 N–H and O–H groups in total. The second-order valence-corrected chi connectivity index (χ2v) is 6.87. The highest BCUT2D eigenvalue weighted by Gasteiger charge is 2.12. The van der Waals surface area contributed by atoms with Crippen LogP contribution in [0.25, 0.3) is 0 Å². The number of halogens is 1. The molecular formula is C21H20FNO3S.